The van der Waals surface area contributed by atoms with E-state index in [9.17, 15) is 9.59 Å². The molecule has 1 saturated heterocycles. The zero-order valence-electron chi connectivity index (χ0n) is 20.6. The smallest absolute Gasteiger partial charge is 0.238 e. The number of benzene rings is 2. The first-order valence-electron chi connectivity index (χ1n) is 12.6. The fourth-order valence-corrected chi connectivity index (χ4v) is 5.42. The number of hydrogen-bond donors (Lipinski definition) is 1. The maximum absolute atomic E-state index is 12.6. The van der Waals surface area contributed by atoms with E-state index >= 15 is 0 Å². The molecule has 2 aromatic carbocycles. The number of thioether (sulfide) groups is 1. The molecule has 0 radical (unpaired) electrons. The second kappa shape index (κ2) is 14.1. The molecule has 6 heteroatoms. The minimum absolute atomic E-state index is 0.0703. The van der Waals surface area contributed by atoms with Crippen molar-refractivity contribution >= 4 is 35.0 Å². The van der Waals surface area contributed by atoms with Crippen LogP contribution in [0.1, 0.15) is 82.1 Å². The molecule has 0 unspecified atom stereocenters. The Bertz CT molecular complexity index is 899. The van der Waals surface area contributed by atoms with Gasteiger partial charge in [-0.15, -0.1) is 11.8 Å². The average Bonchev–Trinajstić information content (AvgIpc) is 3.24. The number of methoxy groups -OCH3 is 1. The van der Waals surface area contributed by atoms with Crippen molar-refractivity contribution in [3.63, 3.8) is 0 Å². The van der Waals surface area contributed by atoms with Gasteiger partial charge in [-0.3, -0.25) is 14.5 Å². The quantitative estimate of drug-likeness (QED) is 0.286. The maximum atomic E-state index is 12.6. The summed E-state index contributed by atoms with van der Waals surface area (Å²) < 4.78 is 5.23. The Labute approximate surface area is 208 Å². The second-order valence-electron chi connectivity index (χ2n) is 8.87. The fraction of sp³-hybridized carbons (Fsp3) is 0.500. The van der Waals surface area contributed by atoms with Crippen LogP contribution >= 0.6 is 11.8 Å². The SMILES string of the molecule is CCCCCCCCCCCC(=O)Nc1ccc([C@H]2SCC(=O)N2c2ccc(OC)cc2)cc1. The van der Waals surface area contributed by atoms with Gasteiger partial charge in [0.05, 0.1) is 12.9 Å². The largest absolute Gasteiger partial charge is 0.497 e. The zero-order chi connectivity index (χ0) is 24.2. The number of unbranched alkanes of at least 4 members (excludes halogenated alkanes) is 8. The van der Waals surface area contributed by atoms with Crippen LogP contribution in [0.3, 0.4) is 0 Å². The fourth-order valence-electron chi connectivity index (χ4n) is 4.24. The second-order valence-corrected chi connectivity index (χ2v) is 9.94. The number of carbonyl (C=O) groups is 2. The summed E-state index contributed by atoms with van der Waals surface area (Å²) in [6, 6.07) is 15.4. The zero-order valence-corrected chi connectivity index (χ0v) is 21.4. The normalized spacial score (nSPS) is 15.5. The summed E-state index contributed by atoms with van der Waals surface area (Å²) in [7, 11) is 1.63. The van der Waals surface area contributed by atoms with Crippen molar-refractivity contribution in [3.05, 3.63) is 54.1 Å². The van der Waals surface area contributed by atoms with E-state index in [1.165, 1.54) is 44.9 Å². The van der Waals surface area contributed by atoms with Gasteiger partial charge in [0.1, 0.15) is 11.1 Å². The third-order valence-corrected chi connectivity index (χ3v) is 7.42. The Hall–Kier alpha value is -2.47. The third-order valence-electron chi connectivity index (χ3n) is 6.21. The molecule has 1 aliphatic rings. The van der Waals surface area contributed by atoms with Gasteiger partial charge in [0.25, 0.3) is 0 Å². The molecule has 1 aliphatic heterocycles. The lowest BCUT2D eigenvalue weighted by Gasteiger charge is -2.24. The molecule has 0 spiro atoms. The van der Waals surface area contributed by atoms with Crippen molar-refractivity contribution in [3.8, 4) is 5.75 Å². The minimum atomic E-state index is -0.0763. The molecule has 0 aromatic heterocycles. The molecule has 0 aliphatic carbocycles. The van der Waals surface area contributed by atoms with Gasteiger partial charge in [0, 0.05) is 17.8 Å². The van der Waals surface area contributed by atoms with Crippen LogP contribution in [0.15, 0.2) is 48.5 Å². The highest BCUT2D eigenvalue weighted by atomic mass is 32.2. The van der Waals surface area contributed by atoms with Crippen molar-refractivity contribution in [2.75, 3.05) is 23.1 Å². The van der Waals surface area contributed by atoms with Crippen LogP contribution in [0.25, 0.3) is 0 Å². The number of ether oxygens (including phenoxy) is 1. The van der Waals surface area contributed by atoms with Gasteiger partial charge < -0.3 is 10.1 Å². The first kappa shape index (κ1) is 26.1. The Morgan fingerprint density at radius 1 is 0.941 bits per heavy atom. The molecule has 184 valence electrons. The van der Waals surface area contributed by atoms with Gasteiger partial charge in [-0.1, -0.05) is 70.4 Å². The van der Waals surface area contributed by atoms with Gasteiger partial charge in [-0.2, -0.15) is 0 Å². The lowest BCUT2D eigenvalue weighted by Crippen LogP contribution is -2.27. The van der Waals surface area contributed by atoms with Gasteiger partial charge in [-0.25, -0.2) is 0 Å². The number of rotatable bonds is 14. The summed E-state index contributed by atoms with van der Waals surface area (Å²) in [5.74, 6) is 1.38. The predicted octanol–water partition coefficient (Wildman–Crippen LogP) is 7.33. The van der Waals surface area contributed by atoms with Crippen LogP contribution in [0.5, 0.6) is 5.75 Å². The lowest BCUT2D eigenvalue weighted by atomic mass is 10.1. The summed E-state index contributed by atoms with van der Waals surface area (Å²) in [5.41, 5.74) is 2.71. The van der Waals surface area contributed by atoms with Crippen LogP contribution in [0.4, 0.5) is 11.4 Å². The monoisotopic (exact) mass is 482 g/mol. The van der Waals surface area contributed by atoms with Crippen LogP contribution in [-0.2, 0) is 9.59 Å². The summed E-state index contributed by atoms with van der Waals surface area (Å²) >= 11 is 1.62. The summed E-state index contributed by atoms with van der Waals surface area (Å²) in [6.07, 6.45) is 11.8. The first-order valence-corrected chi connectivity index (χ1v) is 13.6. The molecule has 1 fully saturated rings. The van der Waals surface area contributed by atoms with Crippen LogP contribution in [-0.4, -0.2) is 24.7 Å². The number of hydrogen-bond acceptors (Lipinski definition) is 4. The Kier molecular flexibility index (Phi) is 10.8. The topological polar surface area (TPSA) is 58.6 Å². The molecular formula is C28H38N2O3S. The molecule has 1 N–H and O–H groups in total. The van der Waals surface area contributed by atoms with Crippen molar-refractivity contribution < 1.29 is 14.3 Å². The van der Waals surface area contributed by atoms with Crippen molar-refractivity contribution in [1.82, 2.24) is 0 Å². The molecule has 34 heavy (non-hydrogen) atoms. The van der Waals surface area contributed by atoms with E-state index in [0.29, 0.717) is 12.2 Å². The highest BCUT2D eigenvalue weighted by molar-refractivity contribution is 8.00. The van der Waals surface area contributed by atoms with Crippen LogP contribution in [0.2, 0.25) is 0 Å². The van der Waals surface area contributed by atoms with E-state index in [2.05, 4.69) is 12.2 Å². The number of anilines is 2. The molecule has 0 saturated carbocycles. The number of amides is 2. The van der Waals surface area contributed by atoms with E-state index in [1.54, 1.807) is 18.9 Å². The van der Waals surface area contributed by atoms with Gasteiger partial charge in [0.15, 0.2) is 0 Å². The minimum Gasteiger partial charge on any atom is -0.497 e. The molecule has 1 heterocycles. The van der Waals surface area contributed by atoms with E-state index in [0.717, 1.165) is 35.5 Å². The van der Waals surface area contributed by atoms with E-state index in [4.69, 9.17) is 4.74 Å². The molecule has 5 nitrogen and oxygen atoms in total. The number of nitrogens with zero attached hydrogens (tertiary/aromatic N) is 1. The molecular weight excluding hydrogens is 444 g/mol. The Morgan fingerprint density at radius 2 is 1.56 bits per heavy atom. The van der Waals surface area contributed by atoms with E-state index in [1.807, 2.05) is 53.4 Å². The predicted molar refractivity (Wildman–Crippen MR) is 143 cm³/mol. The molecule has 2 aromatic rings. The third kappa shape index (κ3) is 7.79. The molecule has 1 atom stereocenters. The maximum Gasteiger partial charge on any atom is 0.238 e. The first-order chi connectivity index (χ1) is 16.6. The van der Waals surface area contributed by atoms with Gasteiger partial charge >= 0.3 is 0 Å². The lowest BCUT2D eigenvalue weighted by molar-refractivity contribution is -0.116. The Morgan fingerprint density at radius 3 is 2.18 bits per heavy atom. The number of carbonyl (C=O) groups excluding carboxylic acids is 2. The average molecular weight is 483 g/mol. The highest BCUT2D eigenvalue weighted by Gasteiger charge is 2.34. The van der Waals surface area contributed by atoms with Gasteiger partial charge in [0.2, 0.25) is 11.8 Å². The summed E-state index contributed by atoms with van der Waals surface area (Å²) in [6.45, 7) is 2.24. The number of nitrogens with one attached hydrogen (secondary N) is 1. The Balaban J connectivity index is 1.44. The highest BCUT2D eigenvalue weighted by Crippen LogP contribution is 2.42. The van der Waals surface area contributed by atoms with Crippen LogP contribution in [0, 0.1) is 0 Å². The van der Waals surface area contributed by atoms with Gasteiger partial charge in [-0.05, 0) is 48.4 Å². The van der Waals surface area contributed by atoms with Crippen molar-refractivity contribution in [1.29, 1.82) is 0 Å². The summed E-state index contributed by atoms with van der Waals surface area (Å²) in [4.78, 5) is 26.7. The van der Waals surface area contributed by atoms with E-state index < -0.39 is 0 Å². The molecule has 2 amide bonds. The van der Waals surface area contributed by atoms with E-state index in [-0.39, 0.29) is 17.2 Å². The van der Waals surface area contributed by atoms with Crippen molar-refractivity contribution in [2.45, 2.75) is 76.5 Å². The molecule has 3 rings (SSSR count). The standard InChI is InChI=1S/C28H38N2O3S/c1-3-4-5-6-7-8-9-10-11-12-26(31)29-23-15-13-22(14-16-23)28-30(27(32)21-34-28)24-17-19-25(33-2)20-18-24/h13-20,28H,3-12,21H2,1-2H3,(H,29,31)/t28-/m1/s1. The summed E-state index contributed by atoms with van der Waals surface area (Å²) in [5, 5.41) is 2.93. The molecule has 0 bridgehead atoms. The van der Waals surface area contributed by atoms with Crippen molar-refractivity contribution in [2.24, 2.45) is 0 Å². The van der Waals surface area contributed by atoms with Crippen LogP contribution < -0.4 is 15.0 Å².